The molecule has 2 heterocycles. The van der Waals surface area contributed by atoms with Gasteiger partial charge in [0.2, 0.25) is 5.91 Å². The third-order valence-electron chi connectivity index (χ3n) is 3.86. The number of H-pyrrole nitrogens is 1. The molecule has 0 fully saturated rings. The Morgan fingerprint density at radius 1 is 1.30 bits per heavy atom. The largest absolute Gasteiger partial charge is 0.473 e. The minimum absolute atomic E-state index is 0.0871. The van der Waals surface area contributed by atoms with Crippen LogP contribution in [0.2, 0.25) is 0 Å². The molecule has 0 aliphatic rings. The van der Waals surface area contributed by atoms with Crippen molar-refractivity contribution in [3.63, 3.8) is 0 Å². The van der Waals surface area contributed by atoms with Crippen LogP contribution >= 0.6 is 0 Å². The summed E-state index contributed by atoms with van der Waals surface area (Å²) >= 11 is 0. The Balaban J connectivity index is 1.69. The Kier molecular flexibility index (Phi) is 4.93. The quantitative estimate of drug-likeness (QED) is 0.658. The van der Waals surface area contributed by atoms with E-state index in [2.05, 4.69) is 15.3 Å². The fraction of sp³-hybridized carbons (Fsp3) is 0.222. The number of fused-ring (bicyclic) bond motifs is 1. The Hall–Kier alpha value is -3.23. The second-order valence-electron chi connectivity index (χ2n) is 5.97. The molecule has 0 aliphatic carbocycles. The highest BCUT2D eigenvalue weighted by Crippen LogP contribution is 2.30. The number of benzene rings is 1. The number of nitrogens with one attached hydrogen (secondary N) is 2. The van der Waals surface area contributed by atoms with Crippen molar-refractivity contribution in [3.8, 4) is 5.75 Å². The number of ether oxygens (including phenoxy) is 1. The predicted octanol–water partition coefficient (Wildman–Crippen LogP) is 4.01. The van der Waals surface area contributed by atoms with Crippen molar-refractivity contribution in [3.05, 3.63) is 48.3 Å². The van der Waals surface area contributed by atoms with E-state index in [1.807, 2.05) is 6.07 Å². The molecule has 2 N–H and O–H groups in total. The van der Waals surface area contributed by atoms with Gasteiger partial charge in [0.25, 0.3) is 0 Å². The standard InChI is InChI=1S/C18H17F3N4O2/c1-11(26)24-16-9-22-15-5-4-13(7-14(15)16)27-10-25(2)17-6-3-12(8-23-17)18(19,20)21/h3-9,22H,10H2,1-2H3,(H,24,26). The summed E-state index contributed by atoms with van der Waals surface area (Å²) in [6.45, 7) is 1.51. The van der Waals surface area contributed by atoms with E-state index in [1.54, 1.807) is 30.3 Å². The van der Waals surface area contributed by atoms with Crippen LogP contribution in [0, 0.1) is 0 Å². The van der Waals surface area contributed by atoms with Gasteiger partial charge in [0.05, 0.1) is 11.3 Å². The third-order valence-corrected chi connectivity index (χ3v) is 3.86. The number of halogens is 3. The zero-order chi connectivity index (χ0) is 19.6. The number of anilines is 2. The average molecular weight is 378 g/mol. The van der Waals surface area contributed by atoms with Crippen LogP contribution in [0.15, 0.2) is 42.7 Å². The molecule has 1 aromatic carbocycles. The molecule has 27 heavy (non-hydrogen) atoms. The number of carbonyl (C=O) groups is 1. The van der Waals surface area contributed by atoms with Gasteiger partial charge in [0.15, 0.2) is 6.73 Å². The molecule has 3 rings (SSSR count). The van der Waals surface area contributed by atoms with E-state index in [-0.39, 0.29) is 12.6 Å². The van der Waals surface area contributed by atoms with E-state index in [1.165, 1.54) is 13.0 Å². The van der Waals surface area contributed by atoms with Gasteiger partial charge in [-0.25, -0.2) is 4.98 Å². The lowest BCUT2D eigenvalue weighted by Gasteiger charge is -2.19. The molecule has 1 amide bonds. The predicted molar refractivity (Wildman–Crippen MR) is 95.7 cm³/mol. The van der Waals surface area contributed by atoms with Crippen LogP contribution in [0.1, 0.15) is 12.5 Å². The van der Waals surface area contributed by atoms with Crippen molar-refractivity contribution in [2.75, 3.05) is 24.0 Å². The molecular weight excluding hydrogens is 361 g/mol. The topological polar surface area (TPSA) is 70.2 Å². The third kappa shape index (κ3) is 4.30. The van der Waals surface area contributed by atoms with Gasteiger partial charge >= 0.3 is 6.18 Å². The summed E-state index contributed by atoms with van der Waals surface area (Å²) in [7, 11) is 1.66. The average Bonchev–Trinajstić information content (AvgIpc) is 3.00. The number of amides is 1. The maximum atomic E-state index is 12.6. The molecule has 3 aromatic rings. The highest BCUT2D eigenvalue weighted by molar-refractivity contribution is 6.01. The van der Waals surface area contributed by atoms with E-state index >= 15 is 0 Å². The SMILES string of the molecule is CC(=O)Nc1c[nH]c2ccc(OCN(C)c3ccc(C(F)(F)F)cn3)cc12. The molecule has 0 bridgehead atoms. The van der Waals surface area contributed by atoms with E-state index in [0.29, 0.717) is 17.3 Å². The molecule has 0 atom stereocenters. The Morgan fingerprint density at radius 3 is 2.70 bits per heavy atom. The minimum atomic E-state index is -4.42. The molecule has 9 heteroatoms. The summed E-state index contributed by atoms with van der Waals surface area (Å²) in [5, 5.41) is 3.51. The smallest absolute Gasteiger partial charge is 0.417 e. The van der Waals surface area contributed by atoms with Gasteiger partial charge in [-0.15, -0.1) is 0 Å². The van der Waals surface area contributed by atoms with Gasteiger partial charge in [-0.05, 0) is 30.3 Å². The first kappa shape index (κ1) is 18.6. The second-order valence-corrected chi connectivity index (χ2v) is 5.97. The Bertz CT molecular complexity index is 951. The fourth-order valence-electron chi connectivity index (χ4n) is 2.50. The molecule has 0 unspecified atom stereocenters. The molecule has 0 radical (unpaired) electrons. The zero-order valence-electron chi connectivity index (χ0n) is 14.6. The fourth-order valence-corrected chi connectivity index (χ4v) is 2.50. The Morgan fingerprint density at radius 2 is 2.07 bits per heavy atom. The molecule has 0 saturated heterocycles. The van der Waals surface area contributed by atoms with Crippen molar-refractivity contribution in [2.24, 2.45) is 0 Å². The number of hydrogen-bond donors (Lipinski definition) is 2. The minimum Gasteiger partial charge on any atom is -0.473 e. The maximum Gasteiger partial charge on any atom is 0.417 e. The van der Waals surface area contributed by atoms with E-state index in [0.717, 1.165) is 23.2 Å². The van der Waals surface area contributed by atoms with E-state index in [9.17, 15) is 18.0 Å². The van der Waals surface area contributed by atoms with E-state index < -0.39 is 11.7 Å². The van der Waals surface area contributed by atoms with Gasteiger partial charge in [-0.3, -0.25) is 4.79 Å². The van der Waals surface area contributed by atoms with Crippen LogP contribution in [-0.2, 0) is 11.0 Å². The lowest BCUT2D eigenvalue weighted by atomic mass is 10.2. The van der Waals surface area contributed by atoms with Crippen LogP contribution in [0.4, 0.5) is 24.7 Å². The van der Waals surface area contributed by atoms with Crippen LogP contribution in [0.25, 0.3) is 10.9 Å². The molecular formula is C18H17F3N4O2. The lowest BCUT2D eigenvalue weighted by molar-refractivity contribution is -0.137. The summed E-state index contributed by atoms with van der Waals surface area (Å²) in [6, 6.07) is 7.60. The van der Waals surface area contributed by atoms with Crippen molar-refractivity contribution < 1.29 is 22.7 Å². The van der Waals surface area contributed by atoms with Crippen LogP contribution in [0.3, 0.4) is 0 Å². The Labute approximate surface area is 153 Å². The van der Waals surface area contributed by atoms with Crippen LogP contribution in [0.5, 0.6) is 5.75 Å². The van der Waals surface area contributed by atoms with Gasteiger partial charge in [-0.1, -0.05) is 0 Å². The summed E-state index contributed by atoms with van der Waals surface area (Å²) in [4.78, 5) is 19.7. The van der Waals surface area contributed by atoms with Crippen LogP contribution < -0.4 is 15.0 Å². The molecule has 0 spiro atoms. The summed E-state index contributed by atoms with van der Waals surface area (Å²) in [5.74, 6) is 0.715. The number of alkyl halides is 3. The summed E-state index contributed by atoms with van der Waals surface area (Å²) in [5.41, 5.74) is 0.675. The summed E-state index contributed by atoms with van der Waals surface area (Å²) in [6.07, 6.45) is -1.94. The number of aromatic nitrogens is 2. The first-order valence-electron chi connectivity index (χ1n) is 8.00. The van der Waals surface area contributed by atoms with Crippen molar-refractivity contribution in [2.45, 2.75) is 13.1 Å². The lowest BCUT2D eigenvalue weighted by Crippen LogP contribution is -2.24. The highest BCUT2D eigenvalue weighted by Gasteiger charge is 2.30. The molecule has 6 nitrogen and oxygen atoms in total. The number of pyridine rings is 1. The normalized spacial score (nSPS) is 11.4. The number of nitrogens with zero attached hydrogens (tertiary/aromatic N) is 2. The van der Waals surface area contributed by atoms with Gasteiger partial charge in [0, 0.05) is 37.3 Å². The summed E-state index contributed by atoms with van der Waals surface area (Å²) < 4.78 is 43.5. The number of carbonyl (C=O) groups excluding carboxylic acids is 1. The number of hydrogen-bond acceptors (Lipinski definition) is 4. The van der Waals surface area contributed by atoms with Crippen molar-refractivity contribution in [1.82, 2.24) is 9.97 Å². The maximum absolute atomic E-state index is 12.6. The second kappa shape index (κ2) is 7.18. The van der Waals surface area contributed by atoms with Gasteiger partial charge < -0.3 is 19.9 Å². The number of aromatic amines is 1. The van der Waals surface area contributed by atoms with Crippen molar-refractivity contribution in [1.29, 1.82) is 0 Å². The zero-order valence-corrected chi connectivity index (χ0v) is 14.6. The first-order valence-corrected chi connectivity index (χ1v) is 8.00. The molecule has 2 aromatic heterocycles. The van der Waals surface area contributed by atoms with Gasteiger partial charge in [-0.2, -0.15) is 13.2 Å². The molecule has 142 valence electrons. The monoisotopic (exact) mass is 378 g/mol. The van der Waals surface area contributed by atoms with Crippen LogP contribution in [-0.4, -0.2) is 29.7 Å². The molecule has 0 saturated carbocycles. The van der Waals surface area contributed by atoms with Crippen molar-refractivity contribution >= 4 is 28.3 Å². The first-order chi connectivity index (χ1) is 12.7. The molecule has 0 aliphatic heterocycles. The van der Waals surface area contributed by atoms with E-state index in [4.69, 9.17) is 4.74 Å². The highest BCUT2D eigenvalue weighted by atomic mass is 19.4. The van der Waals surface area contributed by atoms with Gasteiger partial charge in [0.1, 0.15) is 11.6 Å². The number of rotatable bonds is 5.